The van der Waals surface area contributed by atoms with Crippen molar-refractivity contribution in [1.82, 2.24) is 4.90 Å². The standard InChI is InChI=1S/C11H23NO2/c1-9(2)10(5-6-11(13)14)7-8-12(3)4/h9-10H,5-8H2,1-4H3,(H,13,14). The van der Waals surface area contributed by atoms with Gasteiger partial charge in [-0.1, -0.05) is 13.8 Å². The number of carbonyl (C=O) groups is 1. The van der Waals surface area contributed by atoms with Crippen molar-refractivity contribution >= 4 is 5.97 Å². The summed E-state index contributed by atoms with van der Waals surface area (Å²) in [5.74, 6) is 0.434. The highest BCUT2D eigenvalue weighted by Gasteiger charge is 2.14. The van der Waals surface area contributed by atoms with E-state index in [0.29, 0.717) is 18.3 Å². The van der Waals surface area contributed by atoms with Crippen LogP contribution in [0.2, 0.25) is 0 Å². The predicted molar refractivity (Wildman–Crippen MR) is 58.4 cm³/mol. The molecule has 0 saturated carbocycles. The first kappa shape index (κ1) is 13.4. The van der Waals surface area contributed by atoms with Crippen molar-refractivity contribution in [3.8, 4) is 0 Å². The second-order valence-electron chi connectivity index (χ2n) is 4.53. The first-order chi connectivity index (χ1) is 6.43. The lowest BCUT2D eigenvalue weighted by atomic mass is 9.88. The van der Waals surface area contributed by atoms with Crippen molar-refractivity contribution in [2.75, 3.05) is 20.6 Å². The molecule has 1 atom stereocenters. The molecule has 3 nitrogen and oxygen atoms in total. The molecule has 3 heteroatoms. The quantitative estimate of drug-likeness (QED) is 0.685. The fraction of sp³-hybridized carbons (Fsp3) is 0.909. The Hall–Kier alpha value is -0.570. The lowest BCUT2D eigenvalue weighted by molar-refractivity contribution is -0.137. The van der Waals surface area contributed by atoms with Crippen molar-refractivity contribution < 1.29 is 9.90 Å². The van der Waals surface area contributed by atoms with Gasteiger partial charge >= 0.3 is 5.97 Å². The first-order valence-electron chi connectivity index (χ1n) is 5.30. The van der Waals surface area contributed by atoms with E-state index in [9.17, 15) is 4.79 Å². The van der Waals surface area contributed by atoms with Gasteiger partial charge in [-0.25, -0.2) is 0 Å². The number of carboxylic acids is 1. The smallest absolute Gasteiger partial charge is 0.303 e. The van der Waals surface area contributed by atoms with E-state index in [2.05, 4.69) is 32.8 Å². The topological polar surface area (TPSA) is 40.5 Å². The Labute approximate surface area is 87.1 Å². The van der Waals surface area contributed by atoms with E-state index in [4.69, 9.17) is 5.11 Å². The van der Waals surface area contributed by atoms with E-state index >= 15 is 0 Å². The minimum Gasteiger partial charge on any atom is -0.481 e. The van der Waals surface area contributed by atoms with E-state index in [1.54, 1.807) is 0 Å². The number of rotatable bonds is 7. The van der Waals surface area contributed by atoms with Crippen molar-refractivity contribution in [3.63, 3.8) is 0 Å². The third-order valence-electron chi connectivity index (χ3n) is 2.62. The first-order valence-corrected chi connectivity index (χ1v) is 5.30. The summed E-state index contributed by atoms with van der Waals surface area (Å²) in [7, 11) is 4.10. The Bertz CT molecular complexity index is 167. The highest BCUT2D eigenvalue weighted by atomic mass is 16.4. The molecule has 0 saturated heterocycles. The molecule has 14 heavy (non-hydrogen) atoms. The Morgan fingerprint density at radius 1 is 1.29 bits per heavy atom. The lowest BCUT2D eigenvalue weighted by Gasteiger charge is -2.21. The molecule has 0 heterocycles. The molecule has 0 aromatic heterocycles. The molecule has 1 unspecified atom stereocenters. The summed E-state index contributed by atoms with van der Waals surface area (Å²) in [6.07, 6.45) is 2.20. The van der Waals surface area contributed by atoms with E-state index in [1.165, 1.54) is 0 Å². The second kappa shape index (κ2) is 6.82. The fourth-order valence-corrected chi connectivity index (χ4v) is 1.54. The maximum absolute atomic E-state index is 10.5. The van der Waals surface area contributed by atoms with Crippen LogP contribution in [0.3, 0.4) is 0 Å². The van der Waals surface area contributed by atoms with Crippen LogP contribution in [0.25, 0.3) is 0 Å². The molecule has 0 aromatic carbocycles. The maximum Gasteiger partial charge on any atom is 0.303 e. The van der Waals surface area contributed by atoms with Crippen LogP contribution in [0.4, 0.5) is 0 Å². The van der Waals surface area contributed by atoms with Gasteiger partial charge in [0.25, 0.3) is 0 Å². The molecule has 0 aliphatic rings. The van der Waals surface area contributed by atoms with E-state index in [1.807, 2.05) is 0 Å². The van der Waals surface area contributed by atoms with Crippen LogP contribution in [0.5, 0.6) is 0 Å². The number of nitrogens with zero attached hydrogens (tertiary/aromatic N) is 1. The largest absolute Gasteiger partial charge is 0.481 e. The van der Waals surface area contributed by atoms with Gasteiger partial charge in [0.2, 0.25) is 0 Å². The van der Waals surface area contributed by atoms with Crippen molar-refractivity contribution in [1.29, 1.82) is 0 Å². The second-order valence-corrected chi connectivity index (χ2v) is 4.53. The van der Waals surface area contributed by atoms with Gasteiger partial charge in [-0.2, -0.15) is 0 Å². The molecule has 0 spiro atoms. The zero-order valence-electron chi connectivity index (χ0n) is 9.79. The van der Waals surface area contributed by atoms with Crippen molar-refractivity contribution in [2.24, 2.45) is 11.8 Å². The zero-order chi connectivity index (χ0) is 11.1. The molecule has 0 amide bonds. The van der Waals surface area contributed by atoms with Gasteiger partial charge in [0.1, 0.15) is 0 Å². The van der Waals surface area contributed by atoms with Crippen LogP contribution < -0.4 is 0 Å². The summed E-state index contributed by atoms with van der Waals surface area (Å²) in [6, 6.07) is 0. The Balaban J connectivity index is 3.84. The molecular weight excluding hydrogens is 178 g/mol. The molecule has 1 N–H and O–H groups in total. The maximum atomic E-state index is 10.5. The number of carboxylic acid groups (broad SMARTS) is 1. The Kier molecular flexibility index (Phi) is 6.54. The van der Waals surface area contributed by atoms with Gasteiger partial charge in [-0.05, 0) is 45.3 Å². The molecule has 0 radical (unpaired) electrons. The SMILES string of the molecule is CC(C)C(CCC(=O)O)CCN(C)C. The van der Waals surface area contributed by atoms with E-state index < -0.39 is 5.97 Å². The average molecular weight is 201 g/mol. The van der Waals surface area contributed by atoms with Crippen LogP contribution in [-0.2, 0) is 4.79 Å². The summed E-state index contributed by atoms with van der Waals surface area (Å²) >= 11 is 0. The summed E-state index contributed by atoms with van der Waals surface area (Å²) < 4.78 is 0. The molecule has 0 rings (SSSR count). The van der Waals surface area contributed by atoms with Gasteiger partial charge in [-0.3, -0.25) is 4.79 Å². The van der Waals surface area contributed by atoms with Crippen LogP contribution in [0.15, 0.2) is 0 Å². The predicted octanol–water partition coefficient (Wildman–Crippen LogP) is 2.08. The summed E-state index contributed by atoms with van der Waals surface area (Å²) in [6.45, 7) is 5.38. The number of hydrogen-bond donors (Lipinski definition) is 1. The highest BCUT2D eigenvalue weighted by molar-refractivity contribution is 5.66. The third kappa shape index (κ3) is 6.89. The molecule has 0 bridgehead atoms. The summed E-state index contributed by atoms with van der Waals surface area (Å²) in [5.41, 5.74) is 0. The lowest BCUT2D eigenvalue weighted by Crippen LogP contribution is -2.20. The average Bonchev–Trinajstić information content (AvgIpc) is 2.02. The molecule has 0 aromatic rings. The molecular formula is C11H23NO2. The van der Waals surface area contributed by atoms with E-state index in [0.717, 1.165) is 19.4 Å². The summed E-state index contributed by atoms with van der Waals surface area (Å²) in [4.78, 5) is 12.6. The van der Waals surface area contributed by atoms with Crippen molar-refractivity contribution in [3.05, 3.63) is 0 Å². The number of hydrogen-bond acceptors (Lipinski definition) is 2. The summed E-state index contributed by atoms with van der Waals surface area (Å²) in [5, 5.41) is 8.61. The Morgan fingerprint density at radius 2 is 1.86 bits per heavy atom. The highest BCUT2D eigenvalue weighted by Crippen LogP contribution is 2.20. The van der Waals surface area contributed by atoms with Crippen LogP contribution in [0, 0.1) is 11.8 Å². The van der Waals surface area contributed by atoms with Crippen molar-refractivity contribution in [2.45, 2.75) is 33.1 Å². The van der Waals surface area contributed by atoms with Crippen LogP contribution in [0.1, 0.15) is 33.1 Å². The van der Waals surface area contributed by atoms with Crippen LogP contribution >= 0.6 is 0 Å². The zero-order valence-corrected chi connectivity index (χ0v) is 9.79. The molecule has 84 valence electrons. The van der Waals surface area contributed by atoms with Gasteiger partial charge in [0, 0.05) is 6.42 Å². The van der Waals surface area contributed by atoms with E-state index in [-0.39, 0.29) is 0 Å². The Morgan fingerprint density at radius 3 is 2.21 bits per heavy atom. The van der Waals surface area contributed by atoms with Crippen LogP contribution in [-0.4, -0.2) is 36.6 Å². The van der Waals surface area contributed by atoms with Gasteiger partial charge in [0.15, 0.2) is 0 Å². The molecule has 0 fully saturated rings. The normalized spacial score (nSPS) is 13.6. The minimum atomic E-state index is -0.680. The van der Waals surface area contributed by atoms with Gasteiger partial charge in [-0.15, -0.1) is 0 Å². The molecule has 0 aliphatic carbocycles. The monoisotopic (exact) mass is 201 g/mol. The molecule has 0 aliphatic heterocycles. The van der Waals surface area contributed by atoms with Gasteiger partial charge < -0.3 is 10.0 Å². The third-order valence-corrected chi connectivity index (χ3v) is 2.62. The number of aliphatic carboxylic acids is 1. The minimum absolute atomic E-state index is 0.302. The van der Waals surface area contributed by atoms with Gasteiger partial charge in [0.05, 0.1) is 0 Å². The fourth-order valence-electron chi connectivity index (χ4n) is 1.54.